The van der Waals surface area contributed by atoms with Gasteiger partial charge in [-0.3, -0.25) is 4.79 Å². The van der Waals surface area contributed by atoms with Crippen LogP contribution in [-0.2, 0) is 21.4 Å². The van der Waals surface area contributed by atoms with Gasteiger partial charge in [-0.25, -0.2) is 8.42 Å². The molecule has 5 nitrogen and oxygen atoms in total. The van der Waals surface area contributed by atoms with Crippen molar-refractivity contribution in [2.24, 2.45) is 5.92 Å². The van der Waals surface area contributed by atoms with E-state index in [0.29, 0.717) is 48.9 Å². The Kier molecular flexibility index (Phi) is 6.84. The molecule has 1 heterocycles. The highest BCUT2D eigenvalue weighted by Crippen LogP contribution is 2.28. The van der Waals surface area contributed by atoms with Crippen LogP contribution in [0.4, 0.5) is 0 Å². The van der Waals surface area contributed by atoms with Crippen molar-refractivity contribution in [2.45, 2.75) is 31.2 Å². The minimum atomic E-state index is -3.59. The van der Waals surface area contributed by atoms with Crippen LogP contribution in [0.3, 0.4) is 0 Å². The van der Waals surface area contributed by atoms with E-state index in [1.54, 1.807) is 17.0 Å². The number of halogens is 1. The third-order valence-corrected chi connectivity index (χ3v) is 8.44. The Morgan fingerprint density at radius 1 is 1.00 bits per heavy atom. The number of carbonyl (C=O) groups is 1. The number of nitrogens with zero attached hydrogens (tertiary/aromatic N) is 2. The second kappa shape index (κ2) is 9.61. The summed E-state index contributed by atoms with van der Waals surface area (Å²) in [6, 6.07) is 20.5. The molecule has 32 heavy (non-hydrogen) atoms. The molecule has 7 heteroatoms. The highest BCUT2D eigenvalue weighted by atomic mass is 35.5. The maximum atomic E-state index is 13.2. The summed E-state index contributed by atoms with van der Waals surface area (Å²) in [6.45, 7) is 3.68. The summed E-state index contributed by atoms with van der Waals surface area (Å²) in [5.74, 6) is -0.115. The van der Waals surface area contributed by atoms with Crippen LogP contribution in [0.1, 0.15) is 25.3 Å². The fraction of sp³-hybridized carbons (Fsp3) is 0.320. The molecule has 0 radical (unpaired) electrons. The van der Waals surface area contributed by atoms with Gasteiger partial charge in [0.1, 0.15) is 0 Å². The molecule has 0 atom stereocenters. The Balaban J connectivity index is 1.43. The van der Waals surface area contributed by atoms with E-state index >= 15 is 0 Å². The van der Waals surface area contributed by atoms with Crippen LogP contribution in [0.15, 0.2) is 71.6 Å². The van der Waals surface area contributed by atoms with E-state index in [1.807, 2.05) is 61.5 Å². The van der Waals surface area contributed by atoms with E-state index in [2.05, 4.69) is 0 Å². The van der Waals surface area contributed by atoms with Crippen LogP contribution in [-0.4, -0.2) is 43.2 Å². The van der Waals surface area contributed by atoms with Crippen molar-refractivity contribution in [1.82, 2.24) is 9.21 Å². The Labute approximate surface area is 194 Å². The average Bonchev–Trinajstić information content (AvgIpc) is 2.83. The largest absolute Gasteiger partial charge is 0.338 e. The van der Waals surface area contributed by atoms with Crippen molar-refractivity contribution in [3.05, 3.63) is 77.3 Å². The Morgan fingerprint density at radius 2 is 1.66 bits per heavy atom. The quantitative estimate of drug-likeness (QED) is 0.512. The van der Waals surface area contributed by atoms with Gasteiger partial charge in [0.25, 0.3) is 0 Å². The monoisotopic (exact) mass is 470 g/mol. The minimum absolute atomic E-state index is 0.0650. The molecule has 0 spiro atoms. The summed E-state index contributed by atoms with van der Waals surface area (Å²) in [7, 11) is -3.59. The van der Waals surface area contributed by atoms with Crippen LogP contribution in [0.5, 0.6) is 0 Å². The number of fused-ring (bicyclic) bond motifs is 1. The molecule has 0 aliphatic carbocycles. The van der Waals surface area contributed by atoms with Crippen molar-refractivity contribution in [2.75, 3.05) is 19.6 Å². The lowest BCUT2D eigenvalue weighted by molar-refractivity contribution is -0.137. The third kappa shape index (κ3) is 4.68. The number of rotatable bonds is 6. The number of hydrogen-bond donors (Lipinski definition) is 0. The molecule has 0 bridgehead atoms. The second-order valence-electron chi connectivity index (χ2n) is 8.13. The van der Waals surface area contributed by atoms with Gasteiger partial charge in [0.15, 0.2) is 0 Å². The van der Waals surface area contributed by atoms with Crippen molar-refractivity contribution >= 4 is 38.3 Å². The summed E-state index contributed by atoms with van der Waals surface area (Å²) < 4.78 is 27.9. The number of benzene rings is 3. The minimum Gasteiger partial charge on any atom is -0.338 e. The number of piperidine rings is 1. The predicted molar refractivity (Wildman–Crippen MR) is 128 cm³/mol. The molecule has 1 aliphatic heterocycles. The lowest BCUT2D eigenvalue weighted by Gasteiger charge is -2.33. The molecule has 0 unspecified atom stereocenters. The highest BCUT2D eigenvalue weighted by Gasteiger charge is 2.33. The zero-order chi connectivity index (χ0) is 22.7. The fourth-order valence-corrected chi connectivity index (χ4v) is 5.96. The van der Waals surface area contributed by atoms with Gasteiger partial charge in [0, 0.05) is 37.1 Å². The highest BCUT2D eigenvalue weighted by molar-refractivity contribution is 7.89. The van der Waals surface area contributed by atoms with Gasteiger partial charge in [0.2, 0.25) is 15.9 Å². The smallest absolute Gasteiger partial charge is 0.243 e. The first-order chi connectivity index (χ1) is 15.4. The number of amides is 1. The van der Waals surface area contributed by atoms with Crippen molar-refractivity contribution in [3.63, 3.8) is 0 Å². The van der Waals surface area contributed by atoms with Crippen molar-refractivity contribution < 1.29 is 13.2 Å². The molecule has 1 saturated heterocycles. The summed E-state index contributed by atoms with van der Waals surface area (Å²) in [4.78, 5) is 15.2. The van der Waals surface area contributed by atoms with Crippen LogP contribution >= 0.6 is 11.6 Å². The van der Waals surface area contributed by atoms with Gasteiger partial charge in [-0.15, -0.1) is 0 Å². The third-order valence-electron chi connectivity index (χ3n) is 6.17. The van der Waals surface area contributed by atoms with Crippen LogP contribution in [0, 0.1) is 5.92 Å². The normalized spacial score (nSPS) is 15.7. The molecule has 1 aliphatic rings. The van der Waals surface area contributed by atoms with E-state index < -0.39 is 10.0 Å². The summed E-state index contributed by atoms with van der Waals surface area (Å²) in [5.41, 5.74) is 0.917. The summed E-state index contributed by atoms with van der Waals surface area (Å²) in [5, 5.41) is 2.56. The van der Waals surface area contributed by atoms with E-state index in [1.165, 1.54) is 4.31 Å². The summed E-state index contributed by atoms with van der Waals surface area (Å²) >= 11 is 6.27. The molecular weight excluding hydrogens is 444 g/mol. The van der Waals surface area contributed by atoms with Crippen LogP contribution in [0.25, 0.3) is 10.8 Å². The Hall–Kier alpha value is -2.41. The standard InChI is InChI=1S/C25H27ClN2O3S/c1-2-27(18-22-9-5-6-10-24(22)26)25(29)20-13-15-28(16-14-20)32(30,31)23-12-11-19-7-3-4-8-21(19)17-23/h3-12,17,20H,2,13-16,18H2,1H3. The maximum Gasteiger partial charge on any atom is 0.243 e. The van der Waals surface area contributed by atoms with Gasteiger partial charge in [0.05, 0.1) is 4.90 Å². The number of hydrogen-bond acceptors (Lipinski definition) is 3. The van der Waals surface area contributed by atoms with E-state index in [0.717, 1.165) is 16.3 Å². The molecule has 1 fully saturated rings. The first-order valence-corrected chi connectivity index (χ1v) is 12.7. The molecule has 0 N–H and O–H groups in total. The molecule has 3 aromatic carbocycles. The van der Waals surface area contributed by atoms with Crippen LogP contribution < -0.4 is 0 Å². The molecule has 0 saturated carbocycles. The van der Waals surface area contributed by atoms with E-state index in [9.17, 15) is 13.2 Å². The summed E-state index contributed by atoms with van der Waals surface area (Å²) in [6.07, 6.45) is 1.04. The number of carbonyl (C=O) groups excluding carboxylic acids is 1. The first kappa shape index (κ1) is 22.8. The molecule has 0 aromatic heterocycles. The Bertz CT molecular complexity index is 1220. The molecule has 3 aromatic rings. The fourth-order valence-electron chi connectivity index (χ4n) is 4.26. The maximum absolute atomic E-state index is 13.2. The topological polar surface area (TPSA) is 57.7 Å². The molecule has 1 amide bonds. The second-order valence-corrected chi connectivity index (χ2v) is 10.5. The van der Waals surface area contributed by atoms with Crippen LogP contribution in [0.2, 0.25) is 5.02 Å². The predicted octanol–water partition coefficient (Wildman–Crippen LogP) is 4.94. The van der Waals surface area contributed by atoms with Gasteiger partial charge < -0.3 is 4.90 Å². The molecular formula is C25H27ClN2O3S. The van der Waals surface area contributed by atoms with E-state index in [4.69, 9.17) is 11.6 Å². The number of sulfonamides is 1. The van der Waals surface area contributed by atoms with Crippen molar-refractivity contribution in [1.29, 1.82) is 0 Å². The zero-order valence-electron chi connectivity index (χ0n) is 18.1. The lowest BCUT2D eigenvalue weighted by atomic mass is 9.96. The van der Waals surface area contributed by atoms with Crippen molar-refractivity contribution in [3.8, 4) is 0 Å². The van der Waals surface area contributed by atoms with Gasteiger partial charge in [-0.2, -0.15) is 4.31 Å². The van der Waals surface area contributed by atoms with Gasteiger partial charge >= 0.3 is 0 Å². The zero-order valence-corrected chi connectivity index (χ0v) is 19.6. The molecule has 168 valence electrons. The lowest BCUT2D eigenvalue weighted by Crippen LogP contribution is -2.44. The first-order valence-electron chi connectivity index (χ1n) is 10.9. The van der Waals surface area contributed by atoms with Gasteiger partial charge in [-0.1, -0.05) is 60.1 Å². The van der Waals surface area contributed by atoms with Gasteiger partial charge in [-0.05, 0) is 54.3 Å². The molecule has 4 rings (SSSR count). The Morgan fingerprint density at radius 3 is 2.34 bits per heavy atom. The average molecular weight is 471 g/mol. The SMILES string of the molecule is CCN(Cc1ccccc1Cl)C(=O)C1CCN(S(=O)(=O)c2ccc3ccccc3c2)CC1. The van der Waals surface area contributed by atoms with E-state index in [-0.39, 0.29) is 11.8 Å².